The van der Waals surface area contributed by atoms with Crippen LogP contribution in [0.25, 0.3) is 11.0 Å². The van der Waals surface area contributed by atoms with Gasteiger partial charge in [-0.15, -0.1) is 0 Å². The van der Waals surface area contributed by atoms with Crippen LogP contribution in [0.3, 0.4) is 0 Å². The molecule has 0 atom stereocenters. The van der Waals surface area contributed by atoms with E-state index in [0.717, 1.165) is 36.5 Å². The minimum absolute atomic E-state index is 0.148. The van der Waals surface area contributed by atoms with E-state index in [1.54, 1.807) is 23.2 Å². The van der Waals surface area contributed by atoms with E-state index >= 15 is 0 Å². The normalized spacial score (nSPS) is 15.5. The standard InChI is InChI=1S/C22H22F2N4O/c1-22(23,24)17-6-2-3-7-19(17)27-21(29)28-13-10-15(11-14-28)18-9-8-16-5-4-12-25-20(16)26-18/h2-9,12,15H,10-11,13-14H2,1H3,(H,27,29). The Bertz CT molecular complexity index is 1030. The summed E-state index contributed by atoms with van der Waals surface area (Å²) in [6.45, 7) is 1.92. The third-order valence-electron chi connectivity index (χ3n) is 5.33. The zero-order valence-electron chi connectivity index (χ0n) is 16.1. The van der Waals surface area contributed by atoms with Crippen molar-refractivity contribution < 1.29 is 13.6 Å². The van der Waals surface area contributed by atoms with E-state index in [2.05, 4.69) is 15.3 Å². The summed E-state index contributed by atoms with van der Waals surface area (Å²) in [6, 6.07) is 13.6. The molecule has 0 aliphatic carbocycles. The Hall–Kier alpha value is -3.09. The molecule has 1 aliphatic rings. The Morgan fingerprint density at radius 3 is 2.62 bits per heavy atom. The molecule has 1 fully saturated rings. The van der Waals surface area contributed by atoms with Crippen molar-refractivity contribution in [1.29, 1.82) is 0 Å². The van der Waals surface area contributed by atoms with Crippen LogP contribution in [0.5, 0.6) is 0 Å². The number of aromatic nitrogens is 2. The lowest BCUT2D eigenvalue weighted by molar-refractivity contribution is 0.0182. The number of fused-ring (bicyclic) bond motifs is 1. The number of pyridine rings is 2. The van der Waals surface area contributed by atoms with E-state index in [1.807, 2.05) is 24.3 Å². The Labute approximate surface area is 167 Å². The first-order chi connectivity index (χ1) is 13.9. The number of amides is 2. The number of halogens is 2. The fourth-order valence-corrected chi connectivity index (χ4v) is 3.74. The number of likely N-dealkylation sites (tertiary alicyclic amines) is 1. The molecule has 1 N–H and O–H groups in total. The van der Waals surface area contributed by atoms with Gasteiger partial charge in [0.05, 0.1) is 5.69 Å². The molecule has 0 spiro atoms. The second-order valence-corrected chi connectivity index (χ2v) is 7.41. The van der Waals surface area contributed by atoms with Gasteiger partial charge in [-0.3, -0.25) is 0 Å². The summed E-state index contributed by atoms with van der Waals surface area (Å²) in [5.41, 5.74) is 1.67. The summed E-state index contributed by atoms with van der Waals surface area (Å²) < 4.78 is 27.6. The third-order valence-corrected chi connectivity index (χ3v) is 5.33. The number of rotatable bonds is 3. The van der Waals surface area contributed by atoms with Crippen LogP contribution in [0.4, 0.5) is 19.3 Å². The summed E-state index contributed by atoms with van der Waals surface area (Å²) >= 11 is 0. The number of anilines is 1. The Balaban J connectivity index is 1.41. The molecule has 7 heteroatoms. The number of piperidine rings is 1. The summed E-state index contributed by atoms with van der Waals surface area (Å²) in [7, 11) is 0. The molecule has 0 bridgehead atoms. The van der Waals surface area contributed by atoms with Crippen LogP contribution in [-0.2, 0) is 5.92 Å². The molecule has 150 valence electrons. The van der Waals surface area contributed by atoms with Crippen LogP contribution in [-0.4, -0.2) is 34.0 Å². The largest absolute Gasteiger partial charge is 0.324 e. The molecule has 0 radical (unpaired) electrons. The quantitative estimate of drug-likeness (QED) is 0.666. The predicted molar refractivity (Wildman–Crippen MR) is 108 cm³/mol. The summed E-state index contributed by atoms with van der Waals surface area (Å²) in [4.78, 5) is 23.2. The molecule has 3 heterocycles. The highest BCUT2D eigenvalue weighted by atomic mass is 19.3. The van der Waals surface area contributed by atoms with Crippen molar-refractivity contribution in [3.8, 4) is 0 Å². The number of alkyl halides is 2. The molecule has 29 heavy (non-hydrogen) atoms. The maximum Gasteiger partial charge on any atom is 0.321 e. The van der Waals surface area contributed by atoms with Gasteiger partial charge >= 0.3 is 6.03 Å². The Morgan fingerprint density at radius 1 is 1.10 bits per heavy atom. The second-order valence-electron chi connectivity index (χ2n) is 7.41. The second kappa shape index (κ2) is 7.73. The van der Waals surface area contributed by atoms with Crippen LogP contribution in [0.1, 0.15) is 36.9 Å². The minimum Gasteiger partial charge on any atom is -0.324 e. The summed E-state index contributed by atoms with van der Waals surface area (Å²) in [6.07, 6.45) is 3.26. The maximum absolute atomic E-state index is 13.8. The van der Waals surface area contributed by atoms with Crippen LogP contribution in [0.15, 0.2) is 54.7 Å². The van der Waals surface area contributed by atoms with Crippen molar-refractivity contribution in [3.63, 3.8) is 0 Å². The molecular formula is C22H22F2N4O. The van der Waals surface area contributed by atoms with Crippen LogP contribution in [0.2, 0.25) is 0 Å². The van der Waals surface area contributed by atoms with E-state index in [0.29, 0.717) is 13.1 Å². The van der Waals surface area contributed by atoms with Gasteiger partial charge in [0.2, 0.25) is 0 Å². The number of benzene rings is 1. The molecule has 3 aromatic rings. The third kappa shape index (κ3) is 4.18. The lowest BCUT2D eigenvalue weighted by atomic mass is 9.93. The van der Waals surface area contributed by atoms with Gasteiger partial charge in [0.15, 0.2) is 5.65 Å². The fourth-order valence-electron chi connectivity index (χ4n) is 3.74. The SMILES string of the molecule is CC(F)(F)c1ccccc1NC(=O)N1CCC(c2ccc3cccnc3n2)CC1. The number of carbonyl (C=O) groups is 1. The number of urea groups is 1. The number of nitrogens with zero attached hydrogens (tertiary/aromatic N) is 3. The van der Waals surface area contributed by atoms with Crippen LogP contribution in [0, 0.1) is 0 Å². The Kier molecular flexibility index (Phi) is 5.13. The molecule has 0 saturated carbocycles. The molecular weight excluding hydrogens is 374 g/mol. The van der Waals surface area contributed by atoms with Crippen LogP contribution < -0.4 is 5.32 Å². The summed E-state index contributed by atoms with van der Waals surface area (Å²) in [5.74, 6) is -2.77. The molecule has 1 aliphatic heterocycles. The van der Waals surface area contributed by atoms with Gasteiger partial charge in [0.25, 0.3) is 5.92 Å². The zero-order chi connectivity index (χ0) is 20.4. The van der Waals surface area contributed by atoms with Gasteiger partial charge in [-0.05, 0) is 43.2 Å². The average Bonchev–Trinajstić information content (AvgIpc) is 2.73. The first kappa shape index (κ1) is 19.2. The molecule has 1 aromatic carbocycles. The van der Waals surface area contributed by atoms with Crippen molar-refractivity contribution in [3.05, 3.63) is 66.0 Å². The number of para-hydroxylation sites is 1. The van der Waals surface area contributed by atoms with E-state index in [9.17, 15) is 13.6 Å². The highest BCUT2D eigenvalue weighted by Crippen LogP contribution is 2.33. The molecule has 2 aromatic heterocycles. The lowest BCUT2D eigenvalue weighted by Gasteiger charge is -2.32. The number of nitrogens with one attached hydrogen (secondary N) is 1. The topological polar surface area (TPSA) is 58.1 Å². The summed E-state index contributed by atoms with van der Waals surface area (Å²) in [5, 5.41) is 3.65. The average molecular weight is 396 g/mol. The minimum atomic E-state index is -3.02. The van der Waals surface area contributed by atoms with Crippen LogP contribution >= 0.6 is 0 Å². The van der Waals surface area contributed by atoms with E-state index < -0.39 is 5.92 Å². The molecule has 4 rings (SSSR count). The monoisotopic (exact) mass is 396 g/mol. The highest BCUT2D eigenvalue weighted by Gasteiger charge is 2.29. The van der Waals surface area contributed by atoms with Gasteiger partial charge in [-0.25, -0.2) is 23.5 Å². The van der Waals surface area contributed by atoms with Crippen molar-refractivity contribution >= 4 is 22.8 Å². The van der Waals surface area contributed by atoms with Crippen molar-refractivity contribution in [2.24, 2.45) is 0 Å². The molecule has 2 amide bonds. The van der Waals surface area contributed by atoms with E-state index in [4.69, 9.17) is 0 Å². The fraction of sp³-hybridized carbons (Fsp3) is 0.318. The van der Waals surface area contributed by atoms with Gasteiger partial charge < -0.3 is 10.2 Å². The maximum atomic E-state index is 13.8. The predicted octanol–water partition coefficient (Wildman–Crippen LogP) is 5.15. The molecule has 5 nitrogen and oxygen atoms in total. The molecule has 0 unspecified atom stereocenters. The highest BCUT2D eigenvalue weighted by molar-refractivity contribution is 5.90. The zero-order valence-corrected chi connectivity index (χ0v) is 16.1. The van der Waals surface area contributed by atoms with Gasteiger partial charge in [0, 0.05) is 48.8 Å². The first-order valence-corrected chi connectivity index (χ1v) is 9.67. The number of hydrogen-bond acceptors (Lipinski definition) is 3. The van der Waals surface area contributed by atoms with Gasteiger partial charge in [-0.1, -0.05) is 18.2 Å². The van der Waals surface area contributed by atoms with Crippen molar-refractivity contribution in [2.45, 2.75) is 31.6 Å². The first-order valence-electron chi connectivity index (χ1n) is 9.67. The van der Waals surface area contributed by atoms with E-state index in [1.165, 1.54) is 12.1 Å². The van der Waals surface area contributed by atoms with Gasteiger partial charge in [0.1, 0.15) is 0 Å². The number of hydrogen-bond donors (Lipinski definition) is 1. The lowest BCUT2D eigenvalue weighted by Crippen LogP contribution is -2.41. The van der Waals surface area contributed by atoms with E-state index in [-0.39, 0.29) is 23.2 Å². The Morgan fingerprint density at radius 2 is 1.86 bits per heavy atom. The molecule has 1 saturated heterocycles. The van der Waals surface area contributed by atoms with Gasteiger partial charge in [-0.2, -0.15) is 0 Å². The van der Waals surface area contributed by atoms with Crippen molar-refractivity contribution in [1.82, 2.24) is 14.9 Å². The van der Waals surface area contributed by atoms with Crippen molar-refractivity contribution in [2.75, 3.05) is 18.4 Å². The smallest absolute Gasteiger partial charge is 0.321 e. The number of carbonyl (C=O) groups excluding carboxylic acids is 1.